The number of hydrazone groups is 1. The van der Waals surface area contributed by atoms with E-state index in [-0.39, 0.29) is 35.3 Å². The first-order chi connectivity index (χ1) is 21.3. The van der Waals surface area contributed by atoms with Crippen molar-refractivity contribution < 1.29 is 14.3 Å². The van der Waals surface area contributed by atoms with E-state index >= 15 is 0 Å². The summed E-state index contributed by atoms with van der Waals surface area (Å²) < 4.78 is 10.1. The lowest BCUT2D eigenvalue weighted by Gasteiger charge is -2.33. The summed E-state index contributed by atoms with van der Waals surface area (Å²) in [5.74, 6) is 1.45. The van der Waals surface area contributed by atoms with Gasteiger partial charge in [-0.15, -0.1) is 21.5 Å². The van der Waals surface area contributed by atoms with Crippen molar-refractivity contribution >= 4 is 89.4 Å². The maximum absolute atomic E-state index is 13.1. The van der Waals surface area contributed by atoms with Crippen LogP contribution in [-0.2, 0) is 17.8 Å². The second kappa shape index (κ2) is 12.4. The number of carbonyl (C=O) groups excluding carboxylic acids is 2. The normalized spacial score (nSPS) is 18.3. The van der Waals surface area contributed by atoms with Crippen molar-refractivity contribution in [1.82, 2.24) is 20.2 Å². The fraction of sp³-hybridized carbons (Fsp3) is 0.300. The second-order valence-electron chi connectivity index (χ2n) is 10.9. The summed E-state index contributed by atoms with van der Waals surface area (Å²) in [7, 11) is 0. The molecule has 44 heavy (non-hydrogen) atoms. The number of ketones is 2. The molecule has 2 atom stereocenters. The molecule has 3 aliphatic heterocycles. The van der Waals surface area contributed by atoms with Crippen LogP contribution in [-0.4, -0.2) is 49.1 Å². The van der Waals surface area contributed by atoms with E-state index in [1.54, 1.807) is 11.3 Å². The zero-order chi connectivity index (χ0) is 30.5. The molecule has 2 aromatic carbocycles. The average Bonchev–Trinajstić information content (AvgIpc) is 3.73. The Kier molecular flexibility index (Phi) is 8.48. The van der Waals surface area contributed by atoms with E-state index in [4.69, 9.17) is 9.84 Å². The van der Waals surface area contributed by atoms with Gasteiger partial charge in [0.05, 0.1) is 24.2 Å². The van der Waals surface area contributed by atoms with E-state index in [1.165, 1.54) is 34.0 Å². The molecule has 0 bridgehead atoms. The van der Waals surface area contributed by atoms with Gasteiger partial charge in [-0.2, -0.15) is 5.10 Å². The van der Waals surface area contributed by atoms with E-state index in [1.807, 2.05) is 58.0 Å². The second-order valence-corrected chi connectivity index (χ2v) is 15.7. The van der Waals surface area contributed by atoms with Crippen LogP contribution in [0.15, 0.2) is 67.7 Å². The van der Waals surface area contributed by atoms with Gasteiger partial charge < -0.3 is 4.74 Å². The van der Waals surface area contributed by atoms with Crippen molar-refractivity contribution in [2.45, 2.75) is 44.3 Å². The molecule has 9 nitrogen and oxygen atoms in total. The van der Waals surface area contributed by atoms with Crippen molar-refractivity contribution in [3.05, 3.63) is 84.6 Å². The molecule has 0 fully saturated rings. The first-order valence-electron chi connectivity index (χ1n) is 14.0. The zero-order valence-corrected chi connectivity index (χ0v) is 29.2. The maximum Gasteiger partial charge on any atom is 0.241 e. The Morgan fingerprint density at radius 3 is 2.27 bits per heavy atom. The van der Waals surface area contributed by atoms with Crippen molar-refractivity contribution in [3.8, 4) is 5.00 Å². The number of Topliss-reactive ketones (excluding diaryl/α,β-unsaturated/α-hetero) is 2. The molecule has 0 radical (unpaired) electrons. The van der Waals surface area contributed by atoms with Crippen LogP contribution in [0, 0.1) is 5.92 Å². The number of ether oxygens (including phenoxy) is 1. The number of carbonyl (C=O) groups is 2. The lowest BCUT2D eigenvalue weighted by atomic mass is 9.93. The number of rotatable bonds is 8. The molecule has 0 saturated carbocycles. The molecule has 0 aliphatic carbocycles. The predicted octanol–water partition coefficient (Wildman–Crippen LogP) is 7.24. The Labute approximate surface area is 283 Å². The lowest BCUT2D eigenvalue weighted by Crippen LogP contribution is -2.39. The third-order valence-corrected chi connectivity index (χ3v) is 11.9. The molecule has 0 amide bonds. The molecule has 0 saturated heterocycles. The highest BCUT2D eigenvalue weighted by Gasteiger charge is 2.45. The average molecular weight is 775 g/mol. The molecule has 4 aromatic rings. The number of aromatic nitrogens is 3. The number of halogens is 2. The highest BCUT2D eigenvalue weighted by Crippen LogP contribution is 2.49. The molecule has 226 valence electrons. The van der Waals surface area contributed by atoms with Gasteiger partial charge >= 0.3 is 0 Å². The minimum absolute atomic E-state index is 0.0134. The Morgan fingerprint density at radius 2 is 1.64 bits per heavy atom. The van der Waals surface area contributed by atoms with Gasteiger partial charge in [0.1, 0.15) is 5.00 Å². The first-order valence-corrected chi connectivity index (χ1v) is 18.3. The van der Waals surface area contributed by atoms with E-state index < -0.39 is 0 Å². The quantitative estimate of drug-likeness (QED) is 0.147. The fourth-order valence-corrected chi connectivity index (χ4v) is 8.96. The van der Waals surface area contributed by atoms with Gasteiger partial charge in [-0.3, -0.25) is 19.9 Å². The molecule has 7 rings (SSSR count). The minimum atomic E-state index is -0.278. The van der Waals surface area contributed by atoms with Gasteiger partial charge in [0, 0.05) is 36.9 Å². The van der Waals surface area contributed by atoms with Crippen LogP contribution in [0.5, 0.6) is 0 Å². The SMILES string of the molecule is CC(C)[C@@H]1Cc2c(sc3c2C2NN=C(SCC(=O)c4ccc(Br)cc4)N2c2nnc(SCC(=O)c4ccc(Br)cc4)n2-3)CO1. The largest absolute Gasteiger partial charge is 0.372 e. The highest BCUT2D eigenvalue weighted by atomic mass is 79.9. The minimum Gasteiger partial charge on any atom is -0.372 e. The van der Waals surface area contributed by atoms with E-state index in [0.717, 1.165) is 25.9 Å². The van der Waals surface area contributed by atoms with Gasteiger partial charge in [-0.25, -0.2) is 4.57 Å². The molecule has 0 spiro atoms. The van der Waals surface area contributed by atoms with Crippen LogP contribution in [0.3, 0.4) is 0 Å². The molecular formula is C30H26Br2N6O3S3. The Balaban J connectivity index is 1.21. The van der Waals surface area contributed by atoms with Crippen LogP contribution in [0.1, 0.15) is 56.7 Å². The van der Waals surface area contributed by atoms with E-state index in [9.17, 15) is 9.59 Å². The number of fused-ring (bicyclic) bond motifs is 8. The van der Waals surface area contributed by atoms with Crippen molar-refractivity contribution in [3.63, 3.8) is 0 Å². The monoisotopic (exact) mass is 772 g/mol. The zero-order valence-electron chi connectivity index (χ0n) is 23.6. The Morgan fingerprint density at radius 1 is 1.00 bits per heavy atom. The summed E-state index contributed by atoms with van der Waals surface area (Å²) >= 11 is 11.3. The summed E-state index contributed by atoms with van der Waals surface area (Å²) in [6.07, 6.45) is 0.645. The number of hydrogen-bond acceptors (Lipinski definition) is 11. The fourth-order valence-electron chi connectivity index (χ4n) is 5.39. The third-order valence-electron chi connectivity index (χ3n) is 7.74. The molecular weight excluding hydrogens is 748 g/mol. The van der Waals surface area contributed by atoms with Gasteiger partial charge in [-0.05, 0) is 35.7 Å². The Bertz CT molecular complexity index is 1790. The van der Waals surface area contributed by atoms with Crippen LogP contribution in [0.4, 0.5) is 5.95 Å². The van der Waals surface area contributed by atoms with Crippen molar-refractivity contribution in [2.24, 2.45) is 11.0 Å². The van der Waals surface area contributed by atoms with Crippen molar-refractivity contribution in [2.75, 3.05) is 16.4 Å². The number of hydrogen-bond donors (Lipinski definition) is 1. The lowest BCUT2D eigenvalue weighted by molar-refractivity contribution is 0.00135. The molecule has 3 aliphatic rings. The first kappa shape index (κ1) is 30.2. The van der Waals surface area contributed by atoms with Crippen molar-refractivity contribution in [1.29, 1.82) is 0 Å². The molecule has 1 N–H and O–H groups in total. The number of nitrogens with one attached hydrogen (secondary N) is 1. The summed E-state index contributed by atoms with van der Waals surface area (Å²) in [6, 6.07) is 14.7. The number of thiophene rings is 1. The van der Waals surface area contributed by atoms with E-state index in [0.29, 0.717) is 39.9 Å². The summed E-state index contributed by atoms with van der Waals surface area (Å²) in [5.41, 5.74) is 7.03. The van der Waals surface area contributed by atoms with Gasteiger partial charge in [0.25, 0.3) is 0 Å². The highest BCUT2D eigenvalue weighted by molar-refractivity contribution is 9.10. The van der Waals surface area contributed by atoms with Gasteiger partial charge in [0.2, 0.25) is 5.95 Å². The molecule has 1 unspecified atom stereocenters. The molecule has 2 aromatic heterocycles. The van der Waals surface area contributed by atoms with Crippen LogP contribution < -0.4 is 10.3 Å². The summed E-state index contributed by atoms with van der Waals surface area (Å²) in [4.78, 5) is 29.3. The van der Waals surface area contributed by atoms with Crippen LogP contribution in [0.25, 0.3) is 5.00 Å². The van der Waals surface area contributed by atoms with Crippen LogP contribution in [0.2, 0.25) is 0 Å². The number of nitrogens with zero attached hydrogens (tertiary/aromatic N) is 5. The smallest absolute Gasteiger partial charge is 0.241 e. The number of amidine groups is 1. The molecule has 5 heterocycles. The predicted molar refractivity (Wildman–Crippen MR) is 182 cm³/mol. The third kappa shape index (κ3) is 5.58. The topological polar surface area (TPSA) is 102 Å². The summed E-state index contributed by atoms with van der Waals surface area (Å²) in [6.45, 7) is 4.92. The number of anilines is 1. The Hall–Kier alpha value is -2.49. The molecule has 14 heteroatoms. The number of benzene rings is 2. The van der Waals surface area contributed by atoms with Gasteiger partial charge in [0.15, 0.2) is 28.1 Å². The maximum atomic E-state index is 13.1. The van der Waals surface area contributed by atoms with Crippen LogP contribution >= 0.6 is 66.7 Å². The number of thioether (sulfide) groups is 2. The van der Waals surface area contributed by atoms with Gasteiger partial charge in [-0.1, -0.05) is 93.5 Å². The standard InChI is InChI=1S/C30H26Br2N6O3S3/c1-15(2)23-11-20-24(12-41-23)44-27-25(20)26-33-35-29(42-13-21(39)16-3-7-18(31)8-4-16)37(26)28-34-36-30(38(27)28)43-14-22(40)17-5-9-19(32)10-6-17/h3-10,15,23,26,33H,11-14H2,1-2H3/t23-,26?/m0/s1. The summed E-state index contributed by atoms with van der Waals surface area (Å²) in [5, 5.41) is 16.2. The van der Waals surface area contributed by atoms with E-state index in [2.05, 4.69) is 61.3 Å².